The summed E-state index contributed by atoms with van der Waals surface area (Å²) in [5, 5.41) is 19.1. The smallest absolute Gasteiger partial charge is 0.153 e. The quantitative estimate of drug-likeness (QED) is 0.746. The fourth-order valence-electron chi connectivity index (χ4n) is 2.71. The minimum atomic E-state index is 0.0841. The Hall–Kier alpha value is -2.22. The highest BCUT2D eigenvalue weighted by atomic mass is 16.3. The number of aryl methyl sites for hydroxylation is 1. The molecule has 0 unspecified atom stereocenters. The molecule has 1 aliphatic heterocycles. The van der Waals surface area contributed by atoms with Gasteiger partial charge in [-0.05, 0) is 19.8 Å². The zero-order valence-corrected chi connectivity index (χ0v) is 12.7. The van der Waals surface area contributed by atoms with Gasteiger partial charge in [-0.2, -0.15) is 5.10 Å². The maximum Gasteiger partial charge on any atom is 0.153 e. The highest BCUT2D eigenvalue weighted by Crippen LogP contribution is 2.28. The number of nitrogens with one attached hydrogen (secondary N) is 2. The van der Waals surface area contributed by atoms with E-state index in [2.05, 4.69) is 35.4 Å². The largest absolute Gasteiger partial charge is 0.395 e. The van der Waals surface area contributed by atoms with E-state index in [4.69, 9.17) is 5.11 Å². The number of H-pyrrole nitrogens is 1. The summed E-state index contributed by atoms with van der Waals surface area (Å²) in [6.07, 6.45) is 3.58. The van der Waals surface area contributed by atoms with E-state index in [0.29, 0.717) is 12.5 Å². The molecule has 0 bridgehead atoms. The standard InChI is InChI=1S/C14H21N7O/c1-10-18-14(20-19-10)11-2-5-21(6-3-11)13-8-12(15-4-7-22)16-9-17-13/h8-9,11,22H,2-7H2,1H3,(H,15,16,17)(H,18,19,20). The van der Waals surface area contributed by atoms with Crippen LogP contribution < -0.4 is 10.2 Å². The Morgan fingerprint density at radius 2 is 2.18 bits per heavy atom. The first-order valence-corrected chi connectivity index (χ1v) is 7.57. The molecule has 1 aliphatic rings. The number of rotatable bonds is 5. The molecule has 3 N–H and O–H groups in total. The third-order valence-electron chi connectivity index (χ3n) is 3.87. The lowest BCUT2D eigenvalue weighted by atomic mass is 9.96. The normalized spacial score (nSPS) is 16.0. The minimum absolute atomic E-state index is 0.0841. The van der Waals surface area contributed by atoms with Crippen molar-refractivity contribution in [1.29, 1.82) is 0 Å². The monoisotopic (exact) mass is 303 g/mol. The lowest BCUT2D eigenvalue weighted by Gasteiger charge is -2.31. The number of aromatic amines is 1. The van der Waals surface area contributed by atoms with Crippen LogP contribution in [0.15, 0.2) is 12.4 Å². The zero-order valence-electron chi connectivity index (χ0n) is 12.7. The number of hydrogen-bond donors (Lipinski definition) is 3. The molecule has 0 amide bonds. The Morgan fingerprint density at radius 1 is 1.36 bits per heavy atom. The van der Waals surface area contributed by atoms with E-state index in [1.807, 2.05) is 13.0 Å². The minimum Gasteiger partial charge on any atom is -0.395 e. The maximum absolute atomic E-state index is 8.85. The zero-order chi connectivity index (χ0) is 15.4. The van der Waals surface area contributed by atoms with Gasteiger partial charge in [-0.25, -0.2) is 15.0 Å². The van der Waals surface area contributed by atoms with Crippen LogP contribution in [0.5, 0.6) is 0 Å². The lowest BCUT2D eigenvalue weighted by molar-refractivity contribution is 0.311. The first-order valence-electron chi connectivity index (χ1n) is 7.57. The molecule has 118 valence electrons. The van der Waals surface area contributed by atoms with Gasteiger partial charge in [0.1, 0.15) is 23.8 Å². The molecule has 0 aliphatic carbocycles. The third-order valence-corrected chi connectivity index (χ3v) is 3.87. The van der Waals surface area contributed by atoms with Crippen molar-refractivity contribution < 1.29 is 5.11 Å². The number of anilines is 2. The van der Waals surface area contributed by atoms with Crippen LogP contribution >= 0.6 is 0 Å². The van der Waals surface area contributed by atoms with Crippen molar-refractivity contribution in [3.8, 4) is 0 Å². The Kier molecular flexibility index (Phi) is 4.47. The van der Waals surface area contributed by atoms with Crippen molar-refractivity contribution in [2.24, 2.45) is 0 Å². The van der Waals surface area contributed by atoms with Gasteiger partial charge in [0, 0.05) is 31.6 Å². The SMILES string of the molecule is Cc1nc(C2CCN(c3cc(NCCO)ncn3)CC2)n[nH]1. The summed E-state index contributed by atoms with van der Waals surface area (Å²) < 4.78 is 0. The van der Waals surface area contributed by atoms with Crippen LogP contribution in [0.3, 0.4) is 0 Å². The van der Waals surface area contributed by atoms with Crippen LogP contribution in [0.4, 0.5) is 11.6 Å². The molecule has 1 fully saturated rings. The molecular weight excluding hydrogens is 282 g/mol. The fourth-order valence-corrected chi connectivity index (χ4v) is 2.71. The van der Waals surface area contributed by atoms with Crippen molar-refractivity contribution in [3.63, 3.8) is 0 Å². The molecule has 2 aromatic heterocycles. The highest BCUT2D eigenvalue weighted by molar-refractivity contribution is 5.48. The molecule has 1 saturated heterocycles. The van der Waals surface area contributed by atoms with Crippen LogP contribution in [0.25, 0.3) is 0 Å². The van der Waals surface area contributed by atoms with Crippen molar-refractivity contribution >= 4 is 11.6 Å². The molecular formula is C14H21N7O. The van der Waals surface area contributed by atoms with E-state index >= 15 is 0 Å². The Labute approximate surface area is 129 Å². The molecule has 22 heavy (non-hydrogen) atoms. The topological polar surface area (TPSA) is 103 Å². The predicted molar refractivity (Wildman–Crippen MR) is 82.9 cm³/mol. The molecule has 2 aromatic rings. The second-order valence-corrected chi connectivity index (χ2v) is 5.45. The number of aliphatic hydroxyl groups is 1. The van der Waals surface area contributed by atoms with Gasteiger partial charge in [-0.15, -0.1) is 0 Å². The number of hydrogen-bond acceptors (Lipinski definition) is 7. The number of nitrogens with zero attached hydrogens (tertiary/aromatic N) is 5. The van der Waals surface area contributed by atoms with E-state index in [9.17, 15) is 0 Å². The fraction of sp³-hybridized carbons (Fsp3) is 0.571. The van der Waals surface area contributed by atoms with Gasteiger partial charge in [0.15, 0.2) is 5.82 Å². The van der Waals surface area contributed by atoms with Gasteiger partial charge < -0.3 is 15.3 Å². The van der Waals surface area contributed by atoms with Gasteiger partial charge in [0.2, 0.25) is 0 Å². The van der Waals surface area contributed by atoms with Gasteiger partial charge in [-0.3, -0.25) is 5.10 Å². The van der Waals surface area contributed by atoms with Crippen LogP contribution in [0, 0.1) is 6.92 Å². The molecule has 8 nitrogen and oxygen atoms in total. The van der Waals surface area contributed by atoms with Gasteiger partial charge in [0.25, 0.3) is 0 Å². The number of piperidine rings is 1. The number of aliphatic hydroxyl groups excluding tert-OH is 1. The summed E-state index contributed by atoms with van der Waals surface area (Å²) >= 11 is 0. The van der Waals surface area contributed by atoms with Crippen molar-refractivity contribution in [2.75, 3.05) is 36.5 Å². The second-order valence-electron chi connectivity index (χ2n) is 5.45. The second kappa shape index (κ2) is 6.69. The summed E-state index contributed by atoms with van der Waals surface area (Å²) in [4.78, 5) is 15.2. The molecule has 0 atom stereocenters. The average molecular weight is 303 g/mol. The number of aromatic nitrogens is 5. The molecule has 0 aromatic carbocycles. The van der Waals surface area contributed by atoms with E-state index in [1.54, 1.807) is 6.33 Å². The van der Waals surface area contributed by atoms with E-state index < -0.39 is 0 Å². The lowest BCUT2D eigenvalue weighted by Crippen LogP contribution is -2.33. The van der Waals surface area contributed by atoms with Gasteiger partial charge in [-0.1, -0.05) is 0 Å². The van der Waals surface area contributed by atoms with Crippen LogP contribution in [-0.2, 0) is 0 Å². The summed E-state index contributed by atoms with van der Waals surface area (Å²) in [7, 11) is 0. The van der Waals surface area contributed by atoms with Crippen LogP contribution in [0.2, 0.25) is 0 Å². The molecule has 3 rings (SSSR count). The van der Waals surface area contributed by atoms with E-state index in [1.165, 1.54) is 0 Å². The Morgan fingerprint density at radius 3 is 2.86 bits per heavy atom. The molecule has 8 heteroatoms. The first-order chi connectivity index (χ1) is 10.8. The third kappa shape index (κ3) is 3.33. The molecule has 0 spiro atoms. The van der Waals surface area contributed by atoms with E-state index in [-0.39, 0.29) is 6.61 Å². The summed E-state index contributed by atoms with van der Waals surface area (Å²) in [6.45, 7) is 4.35. The van der Waals surface area contributed by atoms with E-state index in [0.717, 1.165) is 49.2 Å². The Bertz CT molecular complexity index is 607. The van der Waals surface area contributed by atoms with Crippen molar-refractivity contribution in [1.82, 2.24) is 25.1 Å². The van der Waals surface area contributed by atoms with Crippen molar-refractivity contribution in [3.05, 3.63) is 24.0 Å². The Balaban J connectivity index is 1.61. The van der Waals surface area contributed by atoms with Crippen LogP contribution in [-0.4, -0.2) is 56.5 Å². The molecule has 3 heterocycles. The van der Waals surface area contributed by atoms with Gasteiger partial charge in [0.05, 0.1) is 6.61 Å². The van der Waals surface area contributed by atoms with Crippen LogP contribution in [0.1, 0.15) is 30.4 Å². The molecule has 0 saturated carbocycles. The molecule has 0 radical (unpaired) electrons. The highest BCUT2D eigenvalue weighted by Gasteiger charge is 2.24. The predicted octanol–water partition coefficient (Wildman–Crippen LogP) is 0.691. The maximum atomic E-state index is 8.85. The summed E-state index contributed by atoms with van der Waals surface area (Å²) in [5.41, 5.74) is 0. The summed E-state index contributed by atoms with van der Waals surface area (Å²) in [6, 6.07) is 1.92. The van der Waals surface area contributed by atoms with Gasteiger partial charge >= 0.3 is 0 Å². The summed E-state index contributed by atoms with van der Waals surface area (Å²) in [5.74, 6) is 3.86. The van der Waals surface area contributed by atoms with Crippen molar-refractivity contribution in [2.45, 2.75) is 25.7 Å². The first kappa shape index (κ1) is 14.7. The average Bonchev–Trinajstić information content (AvgIpc) is 3.00.